The lowest BCUT2D eigenvalue weighted by Crippen LogP contribution is -2.22. The smallest absolute Gasteiger partial charge is 0.115 e. The van der Waals surface area contributed by atoms with Crippen LogP contribution in [0.15, 0.2) is 30.5 Å². The Morgan fingerprint density at radius 1 is 1.22 bits per heavy atom. The van der Waals surface area contributed by atoms with Crippen LogP contribution in [-0.2, 0) is 12.1 Å². The Bertz CT molecular complexity index is 511. The van der Waals surface area contributed by atoms with Crippen LogP contribution in [0.25, 0.3) is 0 Å². The van der Waals surface area contributed by atoms with E-state index in [2.05, 4.69) is 36.4 Å². The van der Waals surface area contributed by atoms with Crippen LogP contribution in [0.4, 0.5) is 5.69 Å². The molecule has 0 saturated heterocycles. The first-order chi connectivity index (χ1) is 8.45. The molecule has 0 saturated carbocycles. The minimum atomic E-state index is -0.0518. The lowest BCUT2D eigenvalue weighted by Gasteiger charge is -2.17. The Morgan fingerprint density at radius 2 is 1.89 bits per heavy atom. The van der Waals surface area contributed by atoms with Crippen LogP contribution in [0.3, 0.4) is 0 Å². The second-order valence-electron chi connectivity index (χ2n) is 5.23. The molecule has 0 amide bonds. The molecule has 0 radical (unpaired) electrons. The lowest BCUT2D eigenvalue weighted by molar-refractivity contribution is 0.347. The van der Waals surface area contributed by atoms with Crippen LogP contribution >= 0.6 is 0 Å². The van der Waals surface area contributed by atoms with Gasteiger partial charge in [-0.2, -0.15) is 0 Å². The number of rotatable bonds is 3. The summed E-state index contributed by atoms with van der Waals surface area (Å²) >= 11 is 0. The summed E-state index contributed by atoms with van der Waals surface area (Å²) in [6, 6.07) is 6.94. The van der Waals surface area contributed by atoms with E-state index >= 15 is 0 Å². The number of anilines is 1. The van der Waals surface area contributed by atoms with Gasteiger partial charge in [0.25, 0.3) is 0 Å². The number of hydrogen-bond donors (Lipinski definition) is 2. The van der Waals surface area contributed by atoms with Gasteiger partial charge in [-0.15, -0.1) is 5.10 Å². The first-order valence-electron chi connectivity index (χ1n) is 5.90. The van der Waals surface area contributed by atoms with Crippen LogP contribution in [0.5, 0.6) is 5.75 Å². The summed E-state index contributed by atoms with van der Waals surface area (Å²) in [6.45, 7) is 6.86. The summed E-state index contributed by atoms with van der Waals surface area (Å²) in [7, 11) is 0. The van der Waals surface area contributed by atoms with Gasteiger partial charge in [0.05, 0.1) is 18.3 Å². The molecule has 0 fully saturated rings. The highest BCUT2D eigenvalue weighted by molar-refractivity contribution is 5.45. The molecular formula is C13H18N4O. The van der Waals surface area contributed by atoms with Crippen molar-refractivity contribution in [3.05, 3.63) is 36.2 Å². The molecule has 0 aliphatic rings. The summed E-state index contributed by atoms with van der Waals surface area (Å²) in [5.41, 5.74) is 1.78. The lowest BCUT2D eigenvalue weighted by atomic mass is 10.1. The maximum absolute atomic E-state index is 9.18. The summed E-state index contributed by atoms with van der Waals surface area (Å²) in [5, 5.41) is 20.6. The maximum atomic E-state index is 9.18. The predicted octanol–water partition coefficient (Wildman–Crippen LogP) is 2.35. The molecule has 1 aromatic carbocycles. The molecule has 5 heteroatoms. The van der Waals surface area contributed by atoms with Crippen molar-refractivity contribution in [2.75, 3.05) is 5.32 Å². The van der Waals surface area contributed by atoms with Crippen molar-refractivity contribution in [2.24, 2.45) is 0 Å². The summed E-state index contributed by atoms with van der Waals surface area (Å²) in [5.74, 6) is 0.263. The third-order valence-corrected chi connectivity index (χ3v) is 2.57. The molecule has 1 aromatic heterocycles. The highest BCUT2D eigenvalue weighted by Gasteiger charge is 2.14. The number of phenols is 1. The molecule has 0 unspecified atom stereocenters. The number of aromatic hydroxyl groups is 1. The zero-order valence-corrected chi connectivity index (χ0v) is 10.9. The average molecular weight is 246 g/mol. The highest BCUT2D eigenvalue weighted by atomic mass is 16.3. The third-order valence-electron chi connectivity index (χ3n) is 2.57. The van der Waals surface area contributed by atoms with E-state index in [4.69, 9.17) is 0 Å². The minimum Gasteiger partial charge on any atom is -0.508 e. The quantitative estimate of drug-likeness (QED) is 0.816. The zero-order chi connectivity index (χ0) is 13.2. The molecule has 0 atom stereocenters. The van der Waals surface area contributed by atoms with Crippen LogP contribution in [-0.4, -0.2) is 20.1 Å². The van der Waals surface area contributed by atoms with Gasteiger partial charge in [0.15, 0.2) is 0 Å². The summed E-state index contributed by atoms with van der Waals surface area (Å²) in [4.78, 5) is 0. The normalized spacial score (nSPS) is 11.5. The molecule has 96 valence electrons. The first kappa shape index (κ1) is 12.4. The molecule has 0 aliphatic carbocycles. The molecular weight excluding hydrogens is 228 g/mol. The number of benzene rings is 1. The fourth-order valence-electron chi connectivity index (χ4n) is 1.48. The molecule has 2 rings (SSSR count). The monoisotopic (exact) mass is 246 g/mol. The van der Waals surface area contributed by atoms with Crippen molar-refractivity contribution in [3.63, 3.8) is 0 Å². The van der Waals surface area contributed by atoms with E-state index < -0.39 is 0 Å². The van der Waals surface area contributed by atoms with Gasteiger partial charge in [-0.3, -0.25) is 0 Å². The van der Waals surface area contributed by atoms with Crippen LogP contribution in [0.2, 0.25) is 0 Å². The second-order valence-corrected chi connectivity index (χ2v) is 5.23. The summed E-state index contributed by atoms with van der Waals surface area (Å²) < 4.78 is 1.85. The molecule has 0 spiro atoms. The van der Waals surface area contributed by atoms with Gasteiger partial charge >= 0.3 is 0 Å². The number of phenolic OH excluding ortho intramolecular Hbond substituents is 1. The highest BCUT2D eigenvalue weighted by Crippen LogP contribution is 2.15. The van der Waals surface area contributed by atoms with Crippen molar-refractivity contribution in [1.29, 1.82) is 0 Å². The zero-order valence-electron chi connectivity index (χ0n) is 10.9. The third kappa shape index (κ3) is 3.00. The molecule has 2 aromatic rings. The van der Waals surface area contributed by atoms with E-state index in [9.17, 15) is 5.11 Å². The van der Waals surface area contributed by atoms with E-state index in [0.717, 1.165) is 11.4 Å². The Labute approximate surface area is 106 Å². The van der Waals surface area contributed by atoms with Gasteiger partial charge in [-0.25, -0.2) is 4.68 Å². The Morgan fingerprint density at radius 3 is 2.44 bits per heavy atom. The predicted molar refractivity (Wildman–Crippen MR) is 70.5 cm³/mol. The van der Waals surface area contributed by atoms with Crippen LogP contribution in [0, 0.1) is 0 Å². The molecule has 2 N–H and O–H groups in total. The van der Waals surface area contributed by atoms with Gasteiger partial charge < -0.3 is 10.4 Å². The molecule has 5 nitrogen and oxygen atoms in total. The van der Waals surface area contributed by atoms with E-state index in [0.29, 0.717) is 6.54 Å². The van der Waals surface area contributed by atoms with Gasteiger partial charge in [0.1, 0.15) is 11.4 Å². The Balaban J connectivity index is 1.98. The Kier molecular flexibility index (Phi) is 3.23. The van der Waals surface area contributed by atoms with E-state index in [1.807, 2.05) is 23.0 Å². The molecule has 0 aliphatic heterocycles. The van der Waals surface area contributed by atoms with Crippen molar-refractivity contribution in [1.82, 2.24) is 15.0 Å². The van der Waals surface area contributed by atoms with Crippen LogP contribution in [0.1, 0.15) is 26.5 Å². The van der Waals surface area contributed by atoms with Crippen molar-refractivity contribution < 1.29 is 5.11 Å². The van der Waals surface area contributed by atoms with Crippen molar-refractivity contribution in [3.8, 4) is 5.75 Å². The molecule has 18 heavy (non-hydrogen) atoms. The number of nitrogens with one attached hydrogen (secondary N) is 1. The van der Waals surface area contributed by atoms with Gasteiger partial charge in [-0.1, -0.05) is 5.21 Å². The molecule has 1 heterocycles. The minimum absolute atomic E-state index is 0.0518. The van der Waals surface area contributed by atoms with Crippen molar-refractivity contribution in [2.45, 2.75) is 32.9 Å². The van der Waals surface area contributed by atoms with Gasteiger partial charge in [-0.05, 0) is 45.0 Å². The van der Waals surface area contributed by atoms with E-state index in [1.54, 1.807) is 12.1 Å². The second kappa shape index (κ2) is 4.68. The number of hydrogen-bond acceptors (Lipinski definition) is 4. The largest absolute Gasteiger partial charge is 0.508 e. The topological polar surface area (TPSA) is 63.0 Å². The average Bonchev–Trinajstić information content (AvgIpc) is 2.77. The van der Waals surface area contributed by atoms with Gasteiger partial charge in [0.2, 0.25) is 0 Å². The molecule has 0 bridgehead atoms. The summed E-state index contributed by atoms with van der Waals surface area (Å²) in [6.07, 6.45) is 1.94. The SMILES string of the molecule is CC(C)(C)n1cc(CNc2ccc(O)cc2)nn1. The van der Waals surface area contributed by atoms with E-state index in [1.165, 1.54) is 0 Å². The number of nitrogens with zero attached hydrogens (tertiary/aromatic N) is 3. The van der Waals surface area contributed by atoms with Crippen LogP contribution < -0.4 is 5.32 Å². The Hall–Kier alpha value is -2.04. The first-order valence-corrected chi connectivity index (χ1v) is 5.90. The van der Waals surface area contributed by atoms with Gasteiger partial charge in [0, 0.05) is 5.69 Å². The number of aromatic nitrogens is 3. The maximum Gasteiger partial charge on any atom is 0.115 e. The standard InChI is InChI=1S/C13H18N4O/c1-13(2,3)17-9-11(15-16-17)8-14-10-4-6-12(18)7-5-10/h4-7,9,14,18H,8H2,1-3H3. The fourth-order valence-corrected chi connectivity index (χ4v) is 1.48. The van der Waals surface area contributed by atoms with E-state index in [-0.39, 0.29) is 11.3 Å². The fraction of sp³-hybridized carbons (Fsp3) is 0.385. The van der Waals surface area contributed by atoms with Crippen molar-refractivity contribution >= 4 is 5.69 Å².